The average Bonchev–Trinajstić information content (AvgIpc) is 4.04. The van der Waals surface area contributed by atoms with Crippen LogP contribution >= 0.6 is 0 Å². The number of fused-ring (bicyclic) bond motifs is 1. The number of benzene rings is 1. The van der Waals surface area contributed by atoms with E-state index in [4.69, 9.17) is 14.2 Å². The smallest absolute Gasteiger partial charge is 0.408 e. The van der Waals surface area contributed by atoms with Gasteiger partial charge < -0.3 is 29.7 Å². The fourth-order valence-electron chi connectivity index (χ4n) is 6.30. The number of sulfonamides is 1. The predicted octanol–water partition coefficient (Wildman–Crippen LogP) is 4.02. The molecule has 16 heteroatoms. The highest BCUT2D eigenvalue weighted by molar-refractivity contribution is 7.91. The Balaban J connectivity index is 1.45. The molecule has 0 spiro atoms. The van der Waals surface area contributed by atoms with Crippen LogP contribution in [0.1, 0.15) is 80.1 Å². The number of nitrogens with one attached hydrogen (secondary N) is 3. The lowest BCUT2D eigenvalue weighted by Gasteiger charge is -2.30. The number of pyridine rings is 1. The van der Waals surface area contributed by atoms with Crippen molar-refractivity contribution in [2.75, 3.05) is 13.7 Å². The van der Waals surface area contributed by atoms with Gasteiger partial charge in [0.2, 0.25) is 27.7 Å². The van der Waals surface area contributed by atoms with Crippen molar-refractivity contribution >= 4 is 50.4 Å². The summed E-state index contributed by atoms with van der Waals surface area (Å²) in [6.45, 7) is 14.2. The normalized spacial score (nSPS) is 21.6. The summed E-state index contributed by atoms with van der Waals surface area (Å²) in [5.41, 5.74) is -0.0261. The number of carbonyl (C=O) groups is 5. The summed E-state index contributed by atoms with van der Waals surface area (Å²) in [6.07, 6.45) is 3.54. The SMILES string of the molecule is C=C=C1C[C@]1(NC(=O)[C@@H]1C[C@@H](Oc2nccc3cc(OC)ccc23)CN1C(=O)[C@H](CCC(=O)/C=C/C(C)(C)C)NC(=O)OC(C)(C)C)C(=O)NS(=O)(=O)C1CC1. The molecule has 3 aliphatic rings. The Kier molecular flexibility index (Phi) is 12.1. The number of amides is 4. The topological polar surface area (TPSA) is 199 Å². The van der Waals surface area contributed by atoms with Crippen LogP contribution in [0.25, 0.3) is 10.8 Å². The molecule has 4 amide bonds. The lowest BCUT2D eigenvalue weighted by Crippen LogP contribution is -2.58. The van der Waals surface area contributed by atoms with Gasteiger partial charge in [-0.2, -0.15) is 0 Å². The summed E-state index contributed by atoms with van der Waals surface area (Å²) in [6, 6.07) is 4.54. The number of hydrogen-bond acceptors (Lipinski definition) is 11. The van der Waals surface area contributed by atoms with Gasteiger partial charge in [-0.25, -0.2) is 18.2 Å². The molecule has 1 aromatic heterocycles. The van der Waals surface area contributed by atoms with Crippen LogP contribution in [-0.2, 0) is 33.9 Å². The van der Waals surface area contributed by atoms with Crippen molar-refractivity contribution in [3.8, 4) is 11.6 Å². The first-order valence-electron chi connectivity index (χ1n) is 18.5. The number of hydrogen-bond donors (Lipinski definition) is 3. The number of aromatic nitrogens is 1. The van der Waals surface area contributed by atoms with Gasteiger partial charge in [0.15, 0.2) is 11.3 Å². The third-order valence-electron chi connectivity index (χ3n) is 9.47. The van der Waals surface area contributed by atoms with E-state index in [2.05, 4.69) is 32.6 Å². The van der Waals surface area contributed by atoms with Crippen LogP contribution in [0.15, 0.2) is 60.5 Å². The summed E-state index contributed by atoms with van der Waals surface area (Å²) in [7, 11) is -2.41. The summed E-state index contributed by atoms with van der Waals surface area (Å²) in [5, 5.41) is 6.01. The summed E-state index contributed by atoms with van der Waals surface area (Å²) < 4.78 is 44.7. The van der Waals surface area contributed by atoms with E-state index < -0.39 is 68.4 Å². The average molecular weight is 794 g/mol. The molecular formula is C40H51N5O10S. The van der Waals surface area contributed by atoms with Crippen LogP contribution in [0.4, 0.5) is 4.79 Å². The van der Waals surface area contributed by atoms with E-state index in [-0.39, 0.29) is 54.9 Å². The van der Waals surface area contributed by atoms with Gasteiger partial charge in [0.25, 0.3) is 5.91 Å². The minimum absolute atomic E-state index is 0.0364. The molecule has 3 fully saturated rings. The molecule has 2 saturated carbocycles. The van der Waals surface area contributed by atoms with Crippen LogP contribution < -0.4 is 24.8 Å². The molecule has 3 N–H and O–H groups in total. The molecule has 0 bridgehead atoms. The quantitative estimate of drug-likeness (QED) is 0.185. The fraction of sp³-hybridized carbons (Fsp3) is 0.525. The molecule has 4 atom stereocenters. The van der Waals surface area contributed by atoms with Gasteiger partial charge in [0, 0.05) is 36.4 Å². The Labute approximate surface area is 327 Å². The largest absolute Gasteiger partial charge is 0.497 e. The summed E-state index contributed by atoms with van der Waals surface area (Å²) in [4.78, 5) is 73.9. The van der Waals surface area contributed by atoms with Gasteiger partial charge in [0.1, 0.15) is 29.5 Å². The standard InChI is InChI=1S/C40H51N5O10S/c1-9-25-22-40(25,36(49)44-56(51,52)29-12-13-29)43-33(47)32-21-28(54-34-30-14-11-27(53-8)20-24(30)17-19-41-34)23-45(32)35(48)31(42-37(50)55-39(5,6)7)15-10-26(46)16-18-38(2,3)4/h11,14,16-20,28-29,31-32H,1,10,12-13,15,21-23H2,2-8H3,(H,42,50)(H,43,47)(H,44,49)/b18-16+/t28-,31+,32+,40-/m1/s1. The summed E-state index contributed by atoms with van der Waals surface area (Å²) >= 11 is 0. The summed E-state index contributed by atoms with van der Waals surface area (Å²) in [5.74, 6) is -1.83. The maximum absolute atomic E-state index is 14.6. The van der Waals surface area contributed by atoms with E-state index in [1.807, 2.05) is 26.8 Å². The maximum atomic E-state index is 14.6. The van der Waals surface area contributed by atoms with Crippen molar-refractivity contribution in [2.24, 2.45) is 5.41 Å². The fourth-order valence-corrected chi connectivity index (χ4v) is 7.66. The van der Waals surface area contributed by atoms with Crippen LogP contribution in [0.3, 0.4) is 0 Å². The highest BCUT2D eigenvalue weighted by atomic mass is 32.2. The Bertz CT molecular complexity index is 2090. The van der Waals surface area contributed by atoms with Crippen molar-refractivity contribution in [3.05, 3.63) is 60.5 Å². The number of rotatable bonds is 14. The lowest BCUT2D eigenvalue weighted by atomic mass is 9.95. The molecule has 0 unspecified atom stereocenters. The number of ether oxygens (including phenoxy) is 3. The minimum Gasteiger partial charge on any atom is -0.497 e. The molecule has 2 aromatic rings. The molecule has 1 aliphatic heterocycles. The third kappa shape index (κ3) is 10.3. The molecular weight excluding hydrogens is 743 g/mol. The van der Waals surface area contributed by atoms with Crippen LogP contribution in [0.2, 0.25) is 0 Å². The molecule has 1 saturated heterocycles. The van der Waals surface area contributed by atoms with E-state index in [0.717, 1.165) is 5.39 Å². The van der Waals surface area contributed by atoms with Gasteiger partial charge >= 0.3 is 6.09 Å². The van der Waals surface area contributed by atoms with Crippen molar-refractivity contribution in [3.63, 3.8) is 0 Å². The van der Waals surface area contributed by atoms with Gasteiger partial charge in [-0.1, -0.05) is 33.4 Å². The van der Waals surface area contributed by atoms with Gasteiger partial charge in [-0.3, -0.25) is 23.9 Å². The third-order valence-corrected chi connectivity index (χ3v) is 11.3. The molecule has 56 heavy (non-hydrogen) atoms. The number of nitrogens with zero attached hydrogens (tertiary/aromatic N) is 2. The number of alkyl carbamates (subject to hydrolysis) is 1. The maximum Gasteiger partial charge on any atom is 0.408 e. The number of likely N-dealkylation sites (tertiary alicyclic amines) is 1. The molecule has 2 heterocycles. The van der Waals surface area contributed by atoms with E-state index in [0.29, 0.717) is 24.0 Å². The monoisotopic (exact) mass is 793 g/mol. The Hall–Kier alpha value is -5.21. The van der Waals surface area contributed by atoms with E-state index in [1.54, 1.807) is 58.4 Å². The molecule has 1 aromatic carbocycles. The Morgan fingerprint density at radius 1 is 1.11 bits per heavy atom. The first kappa shape index (κ1) is 41.9. The van der Waals surface area contributed by atoms with Crippen LogP contribution in [0, 0.1) is 5.41 Å². The highest BCUT2D eigenvalue weighted by Crippen LogP contribution is 2.43. The Morgan fingerprint density at radius 2 is 1.82 bits per heavy atom. The van der Waals surface area contributed by atoms with Gasteiger partial charge in [0.05, 0.1) is 18.9 Å². The number of allylic oxidation sites excluding steroid dienone is 2. The first-order chi connectivity index (χ1) is 26.1. The molecule has 302 valence electrons. The minimum atomic E-state index is -3.96. The predicted molar refractivity (Wildman–Crippen MR) is 207 cm³/mol. The second-order valence-corrected chi connectivity index (χ2v) is 18.5. The van der Waals surface area contributed by atoms with Gasteiger partial charge in [-0.05, 0) is 81.2 Å². The highest BCUT2D eigenvalue weighted by Gasteiger charge is 2.60. The molecule has 2 aliphatic carbocycles. The molecule has 15 nitrogen and oxygen atoms in total. The van der Waals surface area contributed by atoms with Crippen molar-refractivity contribution in [2.45, 2.75) is 115 Å². The van der Waals surface area contributed by atoms with Gasteiger partial charge in [-0.15, -0.1) is 5.73 Å². The van der Waals surface area contributed by atoms with E-state index >= 15 is 0 Å². The number of carbonyl (C=O) groups excluding carboxylic acids is 5. The van der Waals surface area contributed by atoms with Crippen LogP contribution in [-0.4, -0.2) is 96.1 Å². The molecule has 5 rings (SSSR count). The number of methoxy groups -OCH3 is 1. The first-order valence-corrected chi connectivity index (χ1v) is 20.1. The van der Waals surface area contributed by atoms with Crippen molar-refractivity contribution in [1.82, 2.24) is 25.2 Å². The zero-order valence-corrected chi connectivity index (χ0v) is 33.7. The zero-order chi connectivity index (χ0) is 41.2. The van der Waals surface area contributed by atoms with Crippen molar-refractivity contribution in [1.29, 1.82) is 0 Å². The second-order valence-electron chi connectivity index (χ2n) is 16.5. The Morgan fingerprint density at radius 3 is 2.43 bits per heavy atom. The van der Waals surface area contributed by atoms with Crippen molar-refractivity contribution < 1.29 is 46.6 Å². The van der Waals surface area contributed by atoms with Crippen LogP contribution in [0.5, 0.6) is 11.6 Å². The second kappa shape index (κ2) is 16.1. The molecule has 0 radical (unpaired) electrons. The van der Waals surface area contributed by atoms with E-state index in [9.17, 15) is 32.4 Å². The zero-order valence-electron chi connectivity index (χ0n) is 32.9. The van der Waals surface area contributed by atoms with E-state index in [1.165, 1.54) is 11.0 Å². The lowest BCUT2D eigenvalue weighted by molar-refractivity contribution is -0.141. The number of ketones is 1.